The molecule has 7 heteroatoms. The number of piperazine rings is 1. The number of hydrogen-bond donors (Lipinski definition) is 2. The number of carbonyl (C=O) groups is 2. The average molecular weight is 396 g/mol. The number of para-hydroxylation sites is 1. The van der Waals surface area contributed by atoms with Gasteiger partial charge in [-0.25, -0.2) is 4.79 Å². The van der Waals surface area contributed by atoms with Crippen LogP contribution in [0.5, 0.6) is 5.75 Å². The van der Waals surface area contributed by atoms with Gasteiger partial charge in [-0.15, -0.1) is 0 Å². The summed E-state index contributed by atoms with van der Waals surface area (Å²) in [6.07, 6.45) is 0. The van der Waals surface area contributed by atoms with Crippen molar-refractivity contribution in [1.29, 1.82) is 0 Å². The molecule has 0 saturated carbocycles. The lowest BCUT2D eigenvalue weighted by Crippen LogP contribution is -2.55. The maximum Gasteiger partial charge on any atom is 0.318 e. The molecule has 3 amide bonds. The number of hydrogen-bond acceptors (Lipinski definition) is 4. The molecule has 2 N–H and O–H groups in total. The SMILES string of the molecule is COc1ccc(CNC(=O)[C@@H](C)NC(=O)N2CCN(c3ccccc3)CC2)cc1. The largest absolute Gasteiger partial charge is 0.497 e. The first-order valence-corrected chi connectivity index (χ1v) is 9.83. The Morgan fingerprint density at radius 3 is 2.28 bits per heavy atom. The number of urea groups is 1. The lowest BCUT2D eigenvalue weighted by Gasteiger charge is -2.36. The van der Waals surface area contributed by atoms with Crippen molar-refractivity contribution in [3.05, 3.63) is 60.2 Å². The molecule has 1 aliphatic heterocycles. The van der Waals surface area contributed by atoms with Crippen LogP contribution in [-0.4, -0.2) is 56.2 Å². The molecule has 0 aromatic heterocycles. The highest BCUT2D eigenvalue weighted by Crippen LogP contribution is 2.15. The van der Waals surface area contributed by atoms with Crippen molar-refractivity contribution in [2.75, 3.05) is 38.2 Å². The summed E-state index contributed by atoms with van der Waals surface area (Å²) < 4.78 is 5.12. The van der Waals surface area contributed by atoms with Crippen molar-refractivity contribution in [3.63, 3.8) is 0 Å². The zero-order valence-corrected chi connectivity index (χ0v) is 16.9. The fraction of sp³-hybridized carbons (Fsp3) is 0.364. The lowest BCUT2D eigenvalue weighted by atomic mass is 10.2. The van der Waals surface area contributed by atoms with Crippen LogP contribution in [0.1, 0.15) is 12.5 Å². The molecule has 7 nitrogen and oxygen atoms in total. The van der Waals surface area contributed by atoms with Crippen LogP contribution in [0.4, 0.5) is 10.5 Å². The Morgan fingerprint density at radius 1 is 1.00 bits per heavy atom. The number of rotatable bonds is 6. The van der Waals surface area contributed by atoms with Crippen LogP contribution in [0.2, 0.25) is 0 Å². The summed E-state index contributed by atoms with van der Waals surface area (Å²) in [5, 5.41) is 5.65. The molecule has 29 heavy (non-hydrogen) atoms. The molecular weight excluding hydrogens is 368 g/mol. The third-order valence-corrected chi connectivity index (χ3v) is 5.05. The van der Waals surface area contributed by atoms with Gasteiger partial charge >= 0.3 is 6.03 Å². The van der Waals surface area contributed by atoms with Gasteiger partial charge in [0.15, 0.2) is 0 Å². The second kappa shape index (κ2) is 9.82. The maximum atomic E-state index is 12.5. The van der Waals surface area contributed by atoms with Crippen LogP contribution in [0.25, 0.3) is 0 Å². The van der Waals surface area contributed by atoms with Crippen molar-refractivity contribution in [3.8, 4) is 5.75 Å². The van der Waals surface area contributed by atoms with Crippen LogP contribution in [0.15, 0.2) is 54.6 Å². The van der Waals surface area contributed by atoms with Crippen LogP contribution < -0.4 is 20.3 Å². The number of methoxy groups -OCH3 is 1. The summed E-state index contributed by atoms with van der Waals surface area (Å²) in [5.41, 5.74) is 2.13. The number of amides is 3. The fourth-order valence-corrected chi connectivity index (χ4v) is 3.23. The predicted molar refractivity (Wildman–Crippen MR) is 113 cm³/mol. The van der Waals surface area contributed by atoms with E-state index in [9.17, 15) is 9.59 Å². The van der Waals surface area contributed by atoms with Crippen LogP contribution in [-0.2, 0) is 11.3 Å². The summed E-state index contributed by atoms with van der Waals surface area (Å²) in [4.78, 5) is 28.8. The first kappa shape index (κ1) is 20.5. The van der Waals surface area contributed by atoms with Gasteiger partial charge in [-0.3, -0.25) is 4.79 Å². The predicted octanol–water partition coefficient (Wildman–Crippen LogP) is 2.23. The van der Waals surface area contributed by atoms with E-state index in [1.807, 2.05) is 42.5 Å². The molecule has 1 heterocycles. The smallest absolute Gasteiger partial charge is 0.318 e. The molecular formula is C22H28N4O3. The van der Waals surface area contributed by atoms with Crippen LogP contribution >= 0.6 is 0 Å². The molecule has 1 fully saturated rings. The molecule has 0 unspecified atom stereocenters. The monoisotopic (exact) mass is 396 g/mol. The van der Waals surface area contributed by atoms with Gasteiger partial charge < -0.3 is 25.2 Å². The third-order valence-electron chi connectivity index (χ3n) is 5.05. The molecule has 1 aliphatic rings. The zero-order valence-electron chi connectivity index (χ0n) is 16.9. The minimum Gasteiger partial charge on any atom is -0.497 e. The van der Waals surface area contributed by atoms with Crippen molar-refractivity contribution in [2.45, 2.75) is 19.5 Å². The Bertz CT molecular complexity index is 803. The highest BCUT2D eigenvalue weighted by Gasteiger charge is 2.24. The Balaban J connectivity index is 1.42. The first-order valence-electron chi connectivity index (χ1n) is 9.83. The molecule has 0 aliphatic carbocycles. The van der Waals surface area contributed by atoms with Gasteiger partial charge in [-0.2, -0.15) is 0 Å². The number of benzene rings is 2. The Morgan fingerprint density at radius 2 is 1.66 bits per heavy atom. The van der Waals surface area contributed by atoms with E-state index in [0.29, 0.717) is 19.6 Å². The summed E-state index contributed by atoms with van der Waals surface area (Å²) in [6.45, 7) is 4.90. The number of anilines is 1. The molecule has 2 aromatic rings. The highest BCUT2D eigenvalue weighted by atomic mass is 16.5. The highest BCUT2D eigenvalue weighted by molar-refractivity contribution is 5.86. The van der Waals surface area contributed by atoms with E-state index in [1.54, 1.807) is 18.9 Å². The first-order chi connectivity index (χ1) is 14.1. The van der Waals surface area contributed by atoms with E-state index < -0.39 is 6.04 Å². The van der Waals surface area contributed by atoms with Crippen molar-refractivity contribution < 1.29 is 14.3 Å². The molecule has 0 spiro atoms. The number of carbonyl (C=O) groups excluding carboxylic acids is 2. The van der Waals surface area contributed by atoms with E-state index in [0.717, 1.165) is 24.4 Å². The van der Waals surface area contributed by atoms with E-state index in [-0.39, 0.29) is 11.9 Å². The Labute approximate surface area is 171 Å². The second-order valence-corrected chi connectivity index (χ2v) is 7.05. The summed E-state index contributed by atoms with van der Waals surface area (Å²) in [6, 6.07) is 16.9. The molecule has 3 rings (SSSR count). The van der Waals surface area contributed by atoms with Crippen molar-refractivity contribution in [1.82, 2.24) is 15.5 Å². The standard InChI is InChI=1S/C22H28N4O3/c1-17(21(27)23-16-18-8-10-20(29-2)11-9-18)24-22(28)26-14-12-25(13-15-26)19-6-4-3-5-7-19/h3-11,17H,12-16H2,1-2H3,(H,23,27)(H,24,28)/t17-/m1/s1. The molecule has 0 bridgehead atoms. The van der Waals surface area contributed by atoms with E-state index in [2.05, 4.69) is 27.7 Å². The molecule has 1 atom stereocenters. The molecule has 0 radical (unpaired) electrons. The van der Waals surface area contributed by atoms with E-state index in [1.165, 1.54) is 5.69 Å². The normalized spacial score (nSPS) is 14.8. The van der Waals surface area contributed by atoms with Gasteiger partial charge in [0, 0.05) is 38.4 Å². The summed E-state index contributed by atoms with van der Waals surface area (Å²) in [5.74, 6) is 0.560. The van der Waals surface area contributed by atoms with Crippen LogP contribution in [0.3, 0.4) is 0 Å². The van der Waals surface area contributed by atoms with E-state index >= 15 is 0 Å². The van der Waals surface area contributed by atoms with Crippen molar-refractivity contribution in [2.24, 2.45) is 0 Å². The summed E-state index contributed by atoms with van der Waals surface area (Å²) in [7, 11) is 1.61. The maximum absolute atomic E-state index is 12.5. The van der Waals surface area contributed by atoms with Crippen molar-refractivity contribution >= 4 is 17.6 Å². The molecule has 154 valence electrons. The molecule has 1 saturated heterocycles. The van der Waals surface area contributed by atoms with Gasteiger partial charge in [-0.05, 0) is 36.8 Å². The fourth-order valence-electron chi connectivity index (χ4n) is 3.23. The van der Waals surface area contributed by atoms with Gasteiger partial charge in [0.25, 0.3) is 0 Å². The number of ether oxygens (including phenoxy) is 1. The third kappa shape index (κ3) is 5.63. The number of nitrogens with one attached hydrogen (secondary N) is 2. The van der Waals surface area contributed by atoms with Crippen LogP contribution in [0, 0.1) is 0 Å². The second-order valence-electron chi connectivity index (χ2n) is 7.05. The van der Waals surface area contributed by atoms with E-state index in [4.69, 9.17) is 4.74 Å². The van der Waals surface area contributed by atoms with Gasteiger partial charge in [0.2, 0.25) is 5.91 Å². The summed E-state index contributed by atoms with van der Waals surface area (Å²) >= 11 is 0. The quantitative estimate of drug-likeness (QED) is 0.785. The Hall–Kier alpha value is -3.22. The minimum atomic E-state index is -0.604. The van der Waals surface area contributed by atoms with Gasteiger partial charge in [0.1, 0.15) is 11.8 Å². The van der Waals surface area contributed by atoms with Gasteiger partial charge in [0.05, 0.1) is 7.11 Å². The zero-order chi connectivity index (χ0) is 20.6. The lowest BCUT2D eigenvalue weighted by molar-refractivity contribution is -0.122. The average Bonchev–Trinajstić information content (AvgIpc) is 2.78. The minimum absolute atomic E-state index is 0.204. The van der Waals surface area contributed by atoms with Gasteiger partial charge in [-0.1, -0.05) is 30.3 Å². The Kier molecular flexibility index (Phi) is 6.94. The number of nitrogens with zero attached hydrogens (tertiary/aromatic N) is 2. The topological polar surface area (TPSA) is 73.9 Å². The molecule has 2 aromatic carbocycles.